The van der Waals surface area contributed by atoms with Crippen molar-refractivity contribution in [3.8, 4) is 5.69 Å². The average molecular weight is 390 g/mol. The Bertz CT molecular complexity index is 930. The Kier molecular flexibility index (Phi) is 6.00. The van der Waals surface area contributed by atoms with Gasteiger partial charge in [-0.05, 0) is 63.5 Å². The number of hydrogen-bond acceptors (Lipinski definition) is 4. The fourth-order valence-electron chi connectivity index (χ4n) is 3.95. The molecule has 1 unspecified atom stereocenters. The normalized spacial score (nSPS) is 16.9. The highest BCUT2D eigenvalue weighted by Crippen LogP contribution is 2.22. The first kappa shape index (κ1) is 19.3. The highest BCUT2D eigenvalue weighted by atomic mass is 16.2. The van der Waals surface area contributed by atoms with E-state index in [1.54, 1.807) is 12.4 Å². The van der Waals surface area contributed by atoms with Crippen LogP contribution in [0.5, 0.6) is 0 Å². The molecule has 1 aliphatic heterocycles. The van der Waals surface area contributed by atoms with Crippen LogP contribution in [0, 0.1) is 6.92 Å². The molecule has 6 heteroatoms. The Morgan fingerprint density at radius 2 is 1.97 bits per heavy atom. The highest BCUT2D eigenvalue weighted by molar-refractivity contribution is 5.95. The molecular formula is C23H27N5O. The number of nitrogens with zero attached hydrogens (tertiary/aromatic N) is 4. The van der Waals surface area contributed by atoms with Crippen molar-refractivity contribution in [1.29, 1.82) is 0 Å². The van der Waals surface area contributed by atoms with Crippen molar-refractivity contribution >= 4 is 5.91 Å². The zero-order chi connectivity index (χ0) is 20.1. The van der Waals surface area contributed by atoms with Crippen LogP contribution in [0.2, 0.25) is 0 Å². The van der Waals surface area contributed by atoms with Crippen LogP contribution in [-0.2, 0) is 6.54 Å². The van der Waals surface area contributed by atoms with Gasteiger partial charge in [0.2, 0.25) is 0 Å². The molecule has 0 radical (unpaired) electrons. The van der Waals surface area contributed by atoms with Crippen molar-refractivity contribution in [3.05, 3.63) is 77.9 Å². The molecule has 1 aliphatic rings. The molecule has 1 amide bonds. The molecule has 0 spiro atoms. The van der Waals surface area contributed by atoms with E-state index in [4.69, 9.17) is 0 Å². The Morgan fingerprint density at radius 3 is 2.76 bits per heavy atom. The van der Waals surface area contributed by atoms with Gasteiger partial charge in [0.05, 0.1) is 35.4 Å². The fraction of sp³-hybridized carbons (Fsp3) is 0.348. The summed E-state index contributed by atoms with van der Waals surface area (Å²) in [6, 6.07) is 16.0. The van der Waals surface area contributed by atoms with Gasteiger partial charge in [-0.3, -0.25) is 9.78 Å². The molecule has 1 saturated heterocycles. The van der Waals surface area contributed by atoms with E-state index in [0.29, 0.717) is 12.1 Å². The lowest BCUT2D eigenvalue weighted by Gasteiger charge is -2.31. The first-order valence-electron chi connectivity index (χ1n) is 10.3. The van der Waals surface area contributed by atoms with Crippen LogP contribution in [-0.4, -0.2) is 44.7 Å². The minimum atomic E-state index is 0.0298. The first-order chi connectivity index (χ1) is 14.2. The molecule has 150 valence electrons. The second-order valence-electron chi connectivity index (χ2n) is 7.48. The highest BCUT2D eigenvalue weighted by Gasteiger charge is 2.28. The third-order valence-corrected chi connectivity index (χ3v) is 5.55. The van der Waals surface area contributed by atoms with Gasteiger partial charge in [-0.25, -0.2) is 4.68 Å². The van der Waals surface area contributed by atoms with Crippen LogP contribution in [0.1, 0.15) is 41.0 Å². The van der Waals surface area contributed by atoms with Crippen molar-refractivity contribution in [2.24, 2.45) is 0 Å². The lowest BCUT2D eigenvalue weighted by molar-refractivity contribution is 0.0641. The van der Waals surface area contributed by atoms with E-state index in [1.165, 1.54) is 0 Å². The van der Waals surface area contributed by atoms with Crippen molar-refractivity contribution in [1.82, 2.24) is 25.0 Å². The summed E-state index contributed by atoms with van der Waals surface area (Å²) >= 11 is 0. The fourth-order valence-corrected chi connectivity index (χ4v) is 3.95. The summed E-state index contributed by atoms with van der Waals surface area (Å²) in [4.78, 5) is 20.1. The number of benzene rings is 1. The SMILES string of the molecule is Cc1c(C(=O)N(Cc2ccccn2)C2CCCNCC2)cnn1-c1ccccc1. The summed E-state index contributed by atoms with van der Waals surface area (Å²) in [6.07, 6.45) is 6.50. The molecule has 1 fully saturated rings. The quantitative estimate of drug-likeness (QED) is 0.727. The van der Waals surface area contributed by atoms with Crippen LogP contribution < -0.4 is 5.32 Å². The van der Waals surface area contributed by atoms with Gasteiger partial charge in [-0.1, -0.05) is 24.3 Å². The summed E-state index contributed by atoms with van der Waals surface area (Å²) < 4.78 is 1.83. The Morgan fingerprint density at radius 1 is 1.14 bits per heavy atom. The van der Waals surface area contributed by atoms with Crippen molar-refractivity contribution < 1.29 is 4.79 Å². The number of pyridine rings is 1. The maximum atomic E-state index is 13.7. The Balaban J connectivity index is 1.65. The molecule has 1 N–H and O–H groups in total. The van der Waals surface area contributed by atoms with Gasteiger partial charge < -0.3 is 10.2 Å². The van der Waals surface area contributed by atoms with Crippen LogP contribution in [0.4, 0.5) is 0 Å². The van der Waals surface area contributed by atoms with E-state index < -0.39 is 0 Å². The molecule has 1 aromatic carbocycles. The number of para-hydroxylation sites is 1. The van der Waals surface area contributed by atoms with Crippen LogP contribution in [0.15, 0.2) is 60.9 Å². The van der Waals surface area contributed by atoms with E-state index in [2.05, 4.69) is 15.4 Å². The minimum Gasteiger partial charge on any atom is -0.330 e. The number of hydrogen-bond donors (Lipinski definition) is 1. The monoisotopic (exact) mass is 389 g/mol. The van der Waals surface area contributed by atoms with Gasteiger partial charge in [0.25, 0.3) is 5.91 Å². The first-order valence-corrected chi connectivity index (χ1v) is 10.3. The Labute approximate surface area is 171 Å². The zero-order valence-corrected chi connectivity index (χ0v) is 16.8. The largest absolute Gasteiger partial charge is 0.330 e. The maximum absolute atomic E-state index is 13.7. The Hall–Kier alpha value is -2.99. The molecule has 3 heterocycles. The summed E-state index contributed by atoms with van der Waals surface area (Å²) in [5.41, 5.74) is 3.38. The van der Waals surface area contributed by atoms with E-state index in [9.17, 15) is 4.79 Å². The predicted molar refractivity (Wildman–Crippen MR) is 113 cm³/mol. The molecule has 6 nitrogen and oxygen atoms in total. The lowest BCUT2D eigenvalue weighted by atomic mass is 10.1. The van der Waals surface area contributed by atoms with E-state index in [-0.39, 0.29) is 11.9 Å². The molecule has 2 aromatic heterocycles. The zero-order valence-electron chi connectivity index (χ0n) is 16.8. The number of nitrogens with one attached hydrogen (secondary N) is 1. The molecule has 1 atom stereocenters. The topological polar surface area (TPSA) is 63.1 Å². The molecule has 0 aliphatic carbocycles. The third-order valence-electron chi connectivity index (χ3n) is 5.55. The summed E-state index contributed by atoms with van der Waals surface area (Å²) in [5, 5.41) is 7.94. The van der Waals surface area contributed by atoms with Gasteiger partial charge >= 0.3 is 0 Å². The number of carbonyl (C=O) groups excluding carboxylic acids is 1. The van der Waals surface area contributed by atoms with Gasteiger partial charge in [-0.15, -0.1) is 0 Å². The van der Waals surface area contributed by atoms with E-state index >= 15 is 0 Å². The van der Waals surface area contributed by atoms with Gasteiger partial charge in [-0.2, -0.15) is 5.10 Å². The number of carbonyl (C=O) groups is 1. The van der Waals surface area contributed by atoms with E-state index in [1.807, 2.05) is 65.0 Å². The predicted octanol–water partition coefficient (Wildman–Crippen LogP) is 3.36. The van der Waals surface area contributed by atoms with Crippen molar-refractivity contribution in [3.63, 3.8) is 0 Å². The summed E-state index contributed by atoms with van der Waals surface area (Å²) in [5.74, 6) is 0.0298. The lowest BCUT2D eigenvalue weighted by Crippen LogP contribution is -2.40. The number of aromatic nitrogens is 3. The molecule has 29 heavy (non-hydrogen) atoms. The standard InChI is InChI=1S/C23H27N5O/c1-18-22(16-26-28(18)21-9-3-2-4-10-21)23(29)27(17-19-8-5-6-14-25-19)20-11-7-13-24-15-12-20/h2-6,8-10,14,16,20,24H,7,11-13,15,17H2,1H3. The van der Waals surface area contributed by atoms with Gasteiger partial charge in [0.15, 0.2) is 0 Å². The number of rotatable bonds is 5. The second kappa shape index (κ2) is 9.01. The molecule has 0 saturated carbocycles. The molecule has 4 rings (SSSR count). The van der Waals surface area contributed by atoms with Crippen LogP contribution in [0.3, 0.4) is 0 Å². The summed E-state index contributed by atoms with van der Waals surface area (Å²) in [6.45, 7) is 4.41. The van der Waals surface area contributed by atoms with E-state index in [0.717, 1.165) is 49.4 Å². The number of amides is 1. The van der Waals surface area contributed by atoms with Gasteiger partial charge in [0.1, 0.15) is 0 Å². The molecular weight excluding hydrogens is 362 g/mol. The maximum Gasteiger partial charge on any atom is 0.257 e. The van der Waals surface area contributed by atoms with Crippen LogP contribution >= 0.6 is 0 Å². The minimum absolute atomic E-state index is 0.0298. The second-order valence-corrected chi connectivity index (χ2v) is 7.48. The summed E-state index contributed by atoms with van der Waals surface area (Å²) in [7, 11) is 0. The smallest absolute Gasteiger partial charge is 0.257 e. The molecule has 0 bridgehead atoms. The van der Waals surface area contributed by atoms with Crippen LogP contribution in [0.25, 0.3) is 5.69 Å². The van der Waals surface area contributed by atoms with Crippen molar-refractivity contribution in [2.75, 3.05) is 13.1 Å². The third kappa shape index (κ3) is 4.38. The van der Waals surface area contributed by atoms with Gasteiger partial charge in [0, 0.05) is 12.2 Å². The van der Waals surface area contributed by atoms with Crippen molar-refractivity contribution in [2.45, 2.75) is 38.8 Å². The molecule has 3 aromatic rings. The average Bonchev–Trinajstić information content (AvgIpc) is 2.96.